The van der Waals surface area contributed by atoms with E-state index in [1.807, 2.05) is 18.2 Å². The van der Waals surface area contributed by atoms with E-state index in [4.69, 9.17) is 0 Å². The van der Waals surface area contributed by atoms with Gasteiger partial charge in [-0.3, -0.25) is 9.78 Å². The summed E-state index contributed by atoms with van der Waals surface area (Å²) in [4.78, 5) is 14.6. The van der Waals surface area contributed by atoms with Crippen molar-refractivity contribution in [3.63, 3.8) is 0 Å². The highest BCUT2D eigenvalue weighted by molar-refractivity contribution is 5.76. The van der Waals surface area contributed by atoms with E-state index < -0.39 is 5.82 Å². The molecule has 1 amide bonds. The summed E-state index contributed by atoms with van der Waals surface area (Å²) in [5, 5.41) is 2.33. The summed E-state index contributed by atoms with van der Waals surface area (Å²) in [6.45, 7) is 1.80. The number of amides is 1. The van der Waals surface area contributed by atoms with Crippen molar-refractivity contribution in [2.75, 3.05) is 5.32 Å². The number of benzene rings is 1. The quantitative estimate of drug-likeness (QED) is 0.824. The fraction of sp³-hybridized carbons (Fsp3) is 0.0769. The highest BCUT2D eigenvalue weighted by Gasteiger charge is 2.09. The van der Waals surface area contributed by atoms with Crippen LogP contribution in [0, 0.1) is 12.7 Å². The number of nitrogens with zero attached hydrogens (tertiary/aromatic N) is 1. The maximum absolute atomic E-state index is 13.5. The second kappa shape index (κ2) is 4.74. The summed E-state index contributed by atoms with van der Waals surface area (Å²) < 4.78 is 13.5. The third-order valence-electron chi connectivity index (χ3n) is 2.47. The molecule has 1 N–H and O–H groups in total. The van der Waals surface area contributed by atoms with Gasteiger partial charge >= 0.3 is 0 Å². The van der Waals surface area contributed by atoms with Crippen molar-refractivity contribution in [1.29, 1.82) is 0 Å². The van der Waals surface area contributed by atoms with Crippen LogP contribution in [0.15, 0.2) is 36.5 Å². The molecule has 1 aromatic carbocycles. The first-order chi connectivity index (χ1) is 8.22. The lowest BCUT2D eigenvalue weighted by Gasteiger charge is -2.09. The molecule has 3 nitrogen and oxygen atoms in total. The van der Waals surface area contributed by atoms with Crippen molar-refractivity contribution in [2.24, 2.45) is 0 Å². The molecule has 1 heterocycles. The third-order valence-corrected chi connectivity index (χ3v) is 2.47. The number of hydrogen-bond acceptors (Lipinski definition) is 2. The maximum atomic E-state index is 13.5. The zero-order valence-corrected chi connectivity index (χ0v) is 9.27. The number of rotatable bonds is 3. The Balaban J connectivity index is 2.54. The van der Waals surface area contributed by atoms with Crippen molar-refractivity contribution in [1.82, 2.24) is 4.98 Å². The van der Waals surface area contributed by atoms with Gasteiger partial charge < -0.3 is 5.32 Å². The second-order valence-electron chi connectivity index (χ2n) is 3.62. The Morgan fingerprint density at radius 1 is 1.35 bits per heavy atom. The van der Waals surface area contributed by atoms with Crippen LogP contribution in [-0.4, -0.2) is 11.4 Å². The summed E-state index contributed by atoms with van der Waals surface area (Å²) in [5.41, 5.74) is 2.49. The molecule has 0 saturated heterocycles. The Hall–Kier alpha value is -2.23. The van der Waals surface area contributed by atoms with Gasteiger partial charge in [-0.1, -0.05) is 6.07 Å². The Labute approximate surface area is 98.3 Å². The summed E-state index contributed by atoms with van der Waals surface area (Å²) in [6.07, 6.45) is 2.13. The van der Waals surface area contributed by atoms with Crippen molar-refractivity contribution < 1.29 is 9.18 Å². The van der Waals surface area contributed by atoms with Gasteiger partial charge in [-0.05, 0) is 36.8 Å². The normalized spacial score (nSPS) is 10.0. The number of hydrogen-bond donors (Lipinski definition) is 1. The predicted molar refractivity (Wildman–Crippen MR) is 64.1 cm³/mol. The van der Waals surface area contributed by atoms with Gasteiger partial charge in [-0.15, -0.1) is 0 Å². The molecule has 0 bridgehead atoms. The lowest BCUT2D eigenvalue weighted by Crippen LogP contribution is -1.99. The number of aromatic nitrogens is 1. The van der Waals surface area contributed by atoms with E-state index in [0.717, 1.165) is 16.8 Å². The number of carbonyl (C=O) groups is 1. The van der Waals surface area contributed by atoms with E-state index in [-0.39, 0.29) is 5.69 Å². The average molecular weight is 230 g/mol. The molecule has 0 unspecified atom stereocenters. The molecule has 0 aliphatic carbocycles. The predicted octanol–water partition coefficient (Wildman–Crippen LogP) is 2.76. The first-order valence-corrected chi connectivity index (χ1v) is 5.14. The summed E-state index contributed by atoms with van der Waals surface area (Å²) in [6, 6.07) is 8.48. The monoisotopic (exact) mass is 230 g/mol. The zero-order valence-electron chi connectivity index (χ0n) is 9.27. The summed E-state index contributed by atoms with van der Waals surface area (Å²) in [7, 11) is 0. The number of anilines is 1. The van der Waals surface area contributed by atoms with Gasteiger partial charge in [0.25, 0.3) is 0 Å². The van der Waals surface area contributed by atoms with Gasteiger partial charge in [0.2, 0.25) is 6.41 Å². The minimum Gasteiger partial charge on any atom is -0.326 e. The molecule has 2 rings (SSSR count). The lowest BCUT2D eigenvalue weighted by atomic mass is 10.0. The number of pyridine rings is 1. The van der Waals surface area contributed by atoms with Crippen LogP contribution < -0.4 is 5.32 Å². The molecule has 0 radical (unpaired) electrons. The van der Waals surface area contributed by atoms with Crippen molar-refractivity contribution in [2.45, 2.75) is 6.92 Å². The molecule has 0 aliphatic rings. The fourth-order valence-corrected chi connectivity index (χ4v) is 1.64. The van der Waals surface area contributed by atoms with Crippen LogP contribution in [0.2, 0.25) is 0 Å². The van der Waals surface area contributed by atoms with Crippen molar-refractivity contribution in [3.8, 4) is 11.3 Å². The fourth-order valence-electron chi connectivity index (χ4n) is 1.64. The van der Waals surface area contributed by atoms with E-state index >= 15 is 0 Å². The van der Waals surface area contributed by atoms with Crippen LogP contribution >= 0.6 is 0 Å². The average Bonchev–Trinajstić information content (AvgIpc) is 2.34. The Morgan fingerprint density at radius 2 is 2.18 bits per heavy atom. The van der Waals surface area contributed by atoms with Crippen LogP contribution in [0.25, 0.3) is 11.3 Å². The molecule has 0 atom stereocenters. The standard InChI is InChI=1S/C13H11FN2O/c1-9-6-11(14)13(16-8-17)7-10(9)12-4-2-3-5-15-12/h2-8H,1H3,(H,16,17). The van der Waals surface area contributed by atoms with Gasteiger partial charge in [0.1, 0.15) is 5.82 Å². The van der Waals surface area contributed by atoms with Gasteiger partial charge in [-0.25, -0.2) is 4.39 Å². The SMILES string of the molecule is Cc1cc(F)c(NC=O)cc1-c1ccccn1. The maximum Gasteiger partial charge on any atom is 0.211 e. The first kappa shape index (κ1) is 11.3. The molecule has 0 aliphatic heterocycles. The van der Waals surface area contributed by atoms with E-state index in [2.05, 4.69) is 10.3 Å². The molecular weight excluding hydrogens is 219 g/mol. The van der Waals surface area contributed by atoms with E-state index in [1.165, 1.54) is 6.07 Å². The van der Waals surface area contributed by atoms with Crippen LogP contribution in [0.3, 0.4) is 0 Å². The molecule has 0 spiro atoms. The molecular formula is C13H11FN2O. The Kier molecular flexibility index (Phi) is 3.14. The second-order valence-corrected chi connectivity index (χ2v) is 3.62. The highest BCUT2D eigenvalue weighted by Crippen LogP contribution is 2.27. The van der Waals surface area contributed by atoms with Gasteiger partial charge in [0.15, 0.2) is 0 Å². The van der Waals surface area contributed by atoms with E-state index in [9.17, 15) is 9.18 Å². The van der Waals surface area contributed by atoms with Crippen molar-refractivity contribution >= 4 is 12.1 Å². The first-order valence-electron chi connectivity index (χ1n) is 5.14. The van der Waals surface area contributed by atoms with E-state index in [0.29, 0.717) is 6.41 Å². The van der Waals surface area contributed by atoms with Crippen LogP contribution in [-0.2, 0) is 4.79 Å². The molecule has 0 fully saturated rings. The Bertz CT molecular complexity index is 541. The summed E-state index contributed by atoms with van der Waals surface area (Å²) >= 11 is 0. The zero-order chi connectivity index (χ0) is 12.3. The molecule has 4 heteroatoms. The minimum atomic E-state index is -0.450. The Morgan fingerprint density at radius 3 is 2.82 bits per heavy atom. The molecule has 86 valence electrons. The van der Waals surface area contributed by atoms with Gasteiger partial charge in [0.05, 0.1) is 11.4 Å². The minimum absolute atomic E-state index is 0.159. The van der Waals surface area contributed by atoms with Gasteiger partial charge in [-0.2, -0.15) is 0 Å². The number of carbonyl (C=O) groups excluding carboxylic acids is 1. The number of halogens is 1. The number of aryl methyl sites for hydroxylation is 1. The van der Waals surface area contributed by atoms with Crippen LogP contribution in [0.5, 0.6) is 0 Å². The van der Waals surface area contributed by atoms with Gasteiger partial charge in [0, 0.05) is 11.8 Å². The largest absolute Gasteiger partial charge is 0.326 e. The molecule has 1 aromatic heterocycles. The van der Waals surface area contributed by atoms with Crippen LogP contribution in [0.1, 0.15) is 5.56 Å². The van der Waals surface area contributed by atoms with Crippen molar-refractivity contribution in [3.05, 3.63) is 47.9 Å². The van der Waals surface area contributed by atoms with Crippen LogP contribution in [0.4, 0.5) is 10.1 Å². The van der Waals surface area contributed by atoms with E-state index in [1.54, 1.807) is 19.2 Å². The highest BCUT2D eigenvalue weighted by atomic mass is 19.1. The molecule has 2 aromatic rings. The summed E-state index contributed by atoms with van der Waals surface area (Å²) in [5.74, 6) is -0.450. The number of nitrogens with one attached hydrogen (secondary N) is 1. The topological polar surface area (TPSA) is 42.0 Å². The molecule has 0 saturated carbocycles. The lowest BCUT2D eigenvalue weighted by molar-refractivity contribution is -0.105. The molecule has 17 heavy (non-hydrogen) atoms. The third kappa shape index (κ3) is 2.30. The smallest absolute Gasteiger partial charge is 0.211 e.